The number of rotatable bonds is 4. The molecule has 0 aliphatic carbocycles. The van der Waals surface area contributed by atoms with Gasteiger partial charge in [0.25, 0.3) is 11.8 Å². The van der Waals surface area contributed by atoms with Crippen molar-refractivity contribution in [2.75, 3.05) is 6.61 Å². The van der Waals surface area contributed by atoms with E-state index in [0.29, 0.717) is 10.6 Å². The fraction of sp³-hybridized carbons (Fsp3) is 0.294. The molecule has 0 spiro atoms. The van der Waals surface area contributed by atoms with E-state index in [2.05, 4.69) is 31.6 Å². The van der Waals surface area contributed by atoms with Crippen LogP contribution in [0.4, 0.5) is 0 Å². The zero-order valence-corrected chi connectivity index (χ0v) is 14.2. The predicted octanol–water partition coefficient (Wildman–Crippen LogP) is 2.89. The summed E-state index contributed by atoms with van der Waals surface area (Å²) >= 11 is 1.30. The van der Waals surface area contributed by atoms with E-state index in [9.17, 15) is 9.59 Å². The summed E-state index contributed by atoms with van der Waals surface area (Å²) in [6.45, 7) is 6.07. The maximum Gasteiger partial charge on any atom is 0.279 e. The topological polar surface area (TPSA) is 67.4 Å². The highest BCUT2D eigenvalue weighted by Gasteiger charge is 2.19. The van der Waals surface area contributed by atoms with Gasteiger partial charge in [-0.25, -0.2) is 0 Å². The van der Waals surface area contributed by atoms with Crippen molar-refractivity contribution >= 4 is 23.2 Å². The molecule has 0 radical (unpaired) electrons. The van der Waals surface area contributed by atoms with E-state index in [0.717, 1.165) is 5.56 Å². The van der Waals surface area contributed by atoms with E-state index in [1.165, 1.54) is 11.3 Å². The highest BCUT2D eigenvalue weighted by Crippen LogP contribution is 2.30. The van der Waals surface area contributed by atoms with Crippen LogP contribution in [-0.2, 0) is 10.2 Å². The van der Waals surface area contributed by atoms with E-state index in [4.69, 9.17) is 4.74 Å². The lowest BCUT2D eigenvalue weighted by atomic mass is 9.86. The second kappa shape index (κ2) is 7.28. The molecule has 0 aliphatic rings. The largest absolute Gasteiger partial charge is 0.483 e. The lowest BCUT2D eigenvalue weighted by Gasteiger charge is -2.22. The standard InChI is InChI=1S/C17H20N2O3S/c1-17(2,3)12-7-4-5-8-13(12)22-11-15(20)18-19-16(21)14-9-6-10-23-14/h4-10H,11H2,1-3H3,(H,18,20)(H,19,21). The maximum absolute atomic E-state index is 11.8. The summed E-state index contributed by atoms with van der Waals surface area (Å²) in [5.74, 6) is -0.0956. The van der Waals surface area contributed by atoms with E-state index < -0.39 is 5.91 Å². The Morgan fingerprint density at radius 3 is 2.48 bits per heavy atom. The molecule has 2 aromatic rings. The molecular weight excluding hydrogens is 312 g/mol. The molecule has 0 unspecified atom stereocenters. The molecule has 0 saturated carbocycles. The van der Waals surface area contributed by atoms with Crippen molar-refractivity contribution in [2.24, 2.45) is 0 Å². The normalized spacial score (nSPS) is 10.9. The molecular formula is C17H20N2O3S. The van der Waals surface area contributed by atoms with Crippen molar-refractivity contribution in [3.63, 3.8) is 0 Å². The number of hydrogen-bond acceptors (Lipinski definition) is 4. The number of amides is 2. The minimum atomic E-state index is -0.418. The van der Waals surface area contributed by atoms with Crippen LogP contribution in [0.3, 0.4) is 0 Å². The van der Waals surface area contributed by atoms with Crippen molar-refractivity contribution in [3.05, 3.63) is 52.2 Å². The molecule has 122 valence electrons. The third-order valence-corrected chi connectivity index (χ3v) is 3.98. The Morgan fingerprint density at radius 2 is 1.83 bits per heavy atom. The van der Waals surface area contributed by atoms with E-state index >= 15 is 0 Å². The average Bonchev–Trinajstić information content (AvgIpc) is 3.04. The Hall–Kier alpha value is -2.34. The molecule has 0 aliphatic heterocycles. The first-order chi connectivity index (χ1) is 10.9. The molecule has 1 heterocycles. The minimum absolute atomic E-state index is 0.0829. The molecule has 0 fully saturated rings. The van der Waals surface area contributed by atoms with Gasteiger partial charge in [-0.15, -0.1) is 11.3 Å². The van der Waals surface area contributed by atoms with Crippen LogP contribution < -0.4 is 15.6 Å². The highest BCUT2D eigenvalue weighted by atomic mass is 32.1. The summed E-state index contributed by atoms with van der Waals surface area (Å²) in [4.78, 5) is 24.0. The fourth-order valence-electron chi connectivity index (χ4n) is 1.99. The SMILES string of the molecule is CC(C)(C)c1ccccc1OCC(=O)NNC(=O)c1cccs1. The molecule has 2 amide bonds. The van der Waals surface area contributed by atoms with Crippen LogP contribution in [0.15, 0.2) is 41.8 Å². The van der Waals surface area contributed by atoms with Gasteiger partial charge in [-0.2, -0.15) is 0 Å². The first-order valence-corrected chi connectivity index (χ1v) is 8.11. The van der Waals surface area contributed by atoms with Crippen molar-refractivity contribution in [1.82, 2.24) is 10.9 Å². The molecule has 0 atom stereocenters. The summed E-state index contributed by atoms with van der Waals surface area (Å²) in [5, 5.41) is 1.79. The number of ether oxygens (including phenoxy) is 1. The van der Waals surface area contributed by atoms with E-state index in [1.54, 1.807) is 17.5 Å². The van der Waals surface area contributed by atoms with Gasteiger partial charge < -0.3 is 4.74 Å². The molecule has 0 bridgehead atoms. The smallest absolute Gasteiger partial charge is 0.279 e. The first kappa shape index (κ1) is 17.0. The number of para-hydroxylation sites is 1. The summed E-state index contributed by atoms with van der Waals surface area (Å²) in [6, 6.07) is 11.1. The van der Waals surface area contributed by atoms with Gasteiger partial charge in [0.15, 0.2) is 6.61 Å². The monoisotopic (exact) mass is 332 g/mol. The predicted molar refractivity (Wildman–Crippen MR) is 90.6 cm³/mol. The number of hydrogen-bond donors (Lipinski definition) is 2. The number of carbonyl (C=O) groups is 2. The molecule has 2 rings (SSSR count). The second-order valence-electron chi connectivity index (χ2n) is 6.01. The fourth-order valence-corrected chi connectivity index (χ4v) is 2.61. The Bertz CT molecular complexity index is 675. The van der Waals surface area contributed by atoms with Crippen molar-refractivity contribution in [2.45, 2.75) is 26.2 Å². The summed E-state index contributed by atoms with van der Waals surface area (Å²) in [6.07, 6.45) is 0. The molecule has 2 N–H and O–H groups in total. The molecule has 5 nitrogen and oxygen atoms in total. The van der Waals surface area contributed by atoms with Crippen molar-refractivity contribution in [3.8, 4) is 5.75 Å². The molecule has 0 saturated heterocycles. The summed E-state index contributed by atoms with van der Waals surface area (Å²) in [5.41, 5.74) is 5.64. The zero-order valence-electron chi connectivity index (χ0n) is 13.4. The van der Waals surface area contributed by atoms with Gasteiger partial charge in [-0.3, -0.25) is 20.4 Å². The van der Waals surface area contributed by atoms with Crippen LogP contribution in [-0.4, -0.2) is 18.4 Å². The third kappa shape index (κ3) is 4.82. The van der Waals surface area contributed by atoms with Crippen LogP contribution in [0, 0.1) is 0 Å². The van der Waals surface area contributed by atoms with Crippen LogP contribution in [0.2, 0.25) is 0 Å². The van der Waals surface area contributed by atoms with Gasteiger partial charge >= 0.3 is 0 Å². The quantitative estimate of drug-likeness (QED) is 0.846. The van der Waals surface area contributed by atoms with Crippen LogP contribution in [0.25, 0.3) is 0 Å². The van der Waals surface area contributed by atoms with Gasteiger partial charge in [0.1, 0.15) is 5.75 Å². The number of carbonyl (C=O) groups excluding carboxylic acids is 2. The summed E-state index contributed by atoms with van der Waals surface area (Å²) < 4.78 is 5.59. The lowest BCUT2D eigenvalue weighted by molar-refractivity contribution is -0.123. The maximum atomic E-state index is 11.8. The van der Waals surface area contributed by atoms with Crippen LogP contribution in [0.1, 0.15) is 36.0 Å². The number of benzene rings is 1. The second-order valence-corrected chi connectivity index (χ2v) is 6.96. The Morgan fingerprint density at radius 1 is 1.09 bits per heavy atom. The van der Waals surface area contributed by atoms with Gasteiger partial charge in [-0.1, -0.05) is 45.0 Å². The zero-order chi connectivity index (χ0) is 16.9. The number of hydrazine groups is 1. The Kier molecular flexibility index (Phi) is 5.39. The van der Waals surface area contributed by atoms with Gasteiger partial charge in [0.05, 0.1) is 4.88 Å². The van der Waals surface area contributed by atoms with Crippen molar-refractivity contribution in [1.29, 1.82) is 0 Å². The third-order valence-electron chi connectivity index (χ3n) is 3.11. The van der Waals surface area contributed by atoms with E-state index in [-0.39, 0.29) is 17.9 Å². The highest BCUT2D eigenvalue weighted by molar-refractivity contribution is 7.12. The van der Waals surface area contributed by atoms with Crippen molar-refractivity contribution < 1.29 is 14.3 Å². The van der Waals surface area contributed by atoms with Gasteiger partial charge in [-0.05, 0) is 28.5 Å². The van der Waals surface area contributed by atoms with Crippen LogP contribution >= 0.6 is 11.3 Å². The Labute approximate surface area is 139 Å². The lowest BCUT2D eigenvalue weighted by Crippen LogP contribution is -2.43. The Balaban J connectivity index is 1.87. The molecule has 1 aromatic heterocycles. The van der Waals surface area contributed by atoms with Gasteiger partial charge in [0, 0.05) is 0 Å². The number of nitrogens with one attached hydrogen (secondary N) is 2. The first-order valence-electron chi connectivity index (χ1n) is 7.23. The van der Waals surface area contributed by atoms with Gasteiger partial charge in [0.2, 0.25) is 0 Å². The number of thiophene rings is 1. The molecule has 1 aromatic carbocycles. The minimum Gasteiger partial charge on any atom is -0.483 e. The van der Waals surface area contributed by atoms with E-state index in [1.807, 2.05) is 24.3 Å². The molecule has 6 heteroatoms. The summed E-state index contributed by atoms with van der Waals surface area (Å²) in [7, 11) is 0. The average molecular weight is 332 g/mol. The van der Waals surface area contributed by atoms with Crippen LogP contribution in [0.5, 0.6) is 5.75 Å². The molecule has 23 heavy (non-hydrogen) atoms.